The van der Waals surface area contributed by atoms with Crippen LogP contribution in [0.15, 0.2) is 0 Å². The van der Waals surface area contributed by atoms with E-state index in [9.17, 15) is 19.2 Å². The summed E-state index contributed by atoms with van der Waals surface area (Å²) in [7, 11) is 0. The average molecular weight is 841 g/mol. The van der Waals surface area contributed by atoms with Gasteiger partial charge in [0, 0.05) is 23.0 Å². The van der Waals surface area contributed by atoms with Gasteiger partial charge in [-0.3, -0.25) is 19.2 Å². The molecule has 0 aliphatic rings. The van der Waals surface area contributed by atoms with Crippen molar-refractivity contribution in [3.05, 3.63) is 0 Å². The van der Waals surface area contributed by atoms with Crippen LogP contribution in [0.3, 0.4) is 0 Å². The summed E-state index contributed by atoms with van der Waals surface area (Å²) in [5, 5.41) is 0. The van der Waals surface area contributed by atoms with Crippen LogP contribution in [-0.4, -0.2) is 126 Å². The van der Waals surface area contributed by atoms with Gasteiger partial charge in [0.15, 0.2) is 0 Å². The third kappa shape index (κ3) is 51.2. The Hall–Kier alpha value is -0.880. The molecular formula is C36H88O12S4. The van der Waals surface area contributed by atoms with Gasteiger partial charge in [-0.2, -0.15) is 50.5 Å². The van der Waals surface area contributed by atoms with Crippen LogP contribution in [0.25, 0.3) is 0 Å². The van der Waals surface area contributed by atoms with Gasteiger partial charge in [-0.25, -0.2) is 0 Å². The van der Waals surface area contributed by atoms with E-state index in [-0.39, 0.29) is 211 Å². The summed E-state index contributed by atoms with van der Waals surface area (Å²) < 4.78 is 43.5. The first kappa shape index (κ1) is 83.9. The van der Waals surface area contributed by atoms with E-state index in [4.69, 9.17) is 37.9 Å². The Bertz CT molecular complexity index is 603. The van der Waals surface area contributed by atoms with Crippen molar-refractivity contribution < 1.29 is 57.1 Å². The molecule has 0 aliphatic carbocycles. The largest absolute Gasteiger partial charge is 0.463 e. The Morgan fingerprint density at radius 1 is 0.327 bits per heavy atom. The molecule has 52 heavy (non-hydrogen) atoms. The second-order valence-electron chi connectivity index (χ2n) is 8.49. The molecule has 0 fully saturated rings. The van der Waals surface area contributed by atoms with Gasteiger partial charge in [0.25, 0.3) is 0 Å². The lowest BCUT2D eigenvalue weighted by atomic mass is 9.92. The standard InChI is InChI=1S/C25H44O12S4.11CH4/c26-21(1-13-38)34-9-5-30-17-25(18-31-6-10-35-22(27)2-14-39,19-32-7-11-36-23(28)3-15-40)20-33-8-12-37-24(29)4-16-41;;;;;;;;;;;/h38-41H,1-20H2;11*1H4. The van der Waals surface area contributed by atoms with Crippen LogP contribution >= 0.6 is 50.5 Å². The molecule has 0 aliphatic heterocycles. The fourth-order valence-electron chi connectivity index (χ4n) is 2.92. The van der Waals surface area contributed by atoms with E-state index in [1.165, 1.54) is 0 Å². The van der Waals surface area contributed by atoms with Crippen LogP contribution in [0.2, 0.25) is 0 Å². The molecule has 0 atom stereocenters. The minimum absolute atomic E-state index is 0. The van der Waals surface area contributed by atoms with Crippen LogP contribution in [0.1, 0.15) is 107 Å². The normalized spacial score (nSPS) is 8.85. The highest BCUT2D eigenvalue weighted by Gasteiger charge is 2.33. The maximum absolute atomic E-state index is 11.6. The smallest absolute Gasteiger partial charge is 0.306 e. The van der Waals surface area contributed by atoms with Gasteiger partial charge < -0.3 is 37.9 Å². The average Bonchev–Trinajstić information content (AvgIpc) is 2.93. The lowest BCUT2D eigenvalue weighted by Crippen LogP contribution is -2.43. The zero-order valence-electron chi connectivity index (χ0n) is 23.3. The Morgan fingerprint density at radius 3 is 0.654 bits per heavy atom. The van der Waals surface area contributed by atoms with E-state index in [2.05, 4.69) is 50.5 Å². The zero-order chi connectivity index (χ0) is 30.6. The van der Waals surface area contributed by atoms with E-state index in [1.54, 1.807) is 0 Å². The van der Waals surface area contributed by atoms with Gasteiger partial charge in [-0.1, -0.05) is 81.7 Å². The van der Waals surface area contributed by atoms with Crippen molar-refractivity contribution in [2.45, 2.75) is 107 Å². The van der Waals surface area contributed by atoms with Crippen LogP contribution in [0.5, 0.6) is 0 Å². The van der Waals surface area contributed by atoms with Gasteiger partial charge in [-0.15, -0.1) is 0 Å². The van der Waals surface area contributed by atoms with Crippen molar-refractivity contribution in [3.63, 3.8) is 0 Å². The number of carbonyl (C=O) groups excluding carboxylic acids is 4. The third-order valence-corrected chi connectivity index (χ3v) is 5.75. The van der Waals surface area contributed by atoms with Gasteiger partial charge in [0.05, 0.1) is 84.0 Å². The number of hydrogen-bond acceptors (Lipinski definition) is 16. The SMILES string of the molecule is C.C.C.C.C.C.C.C.C.C.C.O=C(CCS)OCCOCC(COCCOC(=O)CCS)(COCCOC(=O)CCS)COCCOC(=O)CCS. The lowest BCUT2D eigenvalue weighted by molar-refractivity contribution is -0.151. The first-order valence-electron chi connectivity index (χ1n) is 13.2. The number of rotatable bonds is 28. The van der Waals surface area contributed by atoms with E-state index in [0.29, 0.717) is 23.0 Å². The molecule has 0 N–H and O–H groups in total. The van der Waals surface area contributed by atoms with Crippen molar-refractivity contribution >= 4 is 74.4 Å². The highest BCUT2D eigenvalue weighted by molar-refractivity contribution is 7.80. The summed E-state index contributed by atoms with van der Waals surface area (Å²) in [6.45, 7) is 1.03. The predicted molar refractivity (Wildman–Crippen MR) is 237 cm³/mol. The molecule has 328 valence electrons. The monoisotopic (exact) mass is 841 g/mol. The summed E-state index contributed by atoms with van der Waals surface area (Å²) in [6.07, 6.45) is 0.771. The van der Waals surface area contributed by atoms with Crippen LogP contribution in [0, 0.1) is 5.41 Å². The first-order chi connectivity index (χ1) is 19.8. The number of thiol groups is 4. The quantitative estimate of drug-likeness (QED) is 0.0260. The third-order valence-electron chi connectivity index (χ3n) is 4.86. The molecular weight excluding hydrogens is 753 g/mol. The predicted octanol–water partition coefficient (Wildman–Crippen LogP) is 8.49. The summed E-state index contributed by atoms with van der Waals surface area (Å²) in [6, 6.07) is 0. The van der Waals surface area contributed by atoms with Crippen molar-refractivity contribution in [3.8, 4) is 0 Å². The molecule has 0 rings (SSSR count). The van der Waals surface area contributed by atoms with Crippen LogP contribution in [0.4, 0.5) is 0 Å². The molecule has 12 nitrogen and oxygen atoms in total. The molecule has 0 aromatic heterocycles. The number of carbonyl (C=O) groups is 4. The molecule has 0 bridgehead atoms. The Labute approximate surface area is 345 Å². The molecule has 0 amide bonds. The Kier molecular flexibility index (Phi) is 95.9. The van der Waals surface area contributed by atoms with Crippen LogP contribution < -0.4 is 0 Å². The fraction of sp³-hybridized carbons (Fsp3) is 0.889. The summed E-state index contributed by atoms with van der Waals surface area (Å²) >= 11 is 16.0. The fourth-order valence-corrected chi connectivity index (χ4v) is 3.65. The molecule has 0 unspecified atom stereocenters. The van der Waals surface area contributed by atoms with Crippen molar-refractivity contribution in [2.75, 3.05) is 102 Å². The highest BCUT2D eigenvalue weighted by atomic mass is 32.1. The van der Waals surface area contributed by atoms with Crippen molar-refractivity contribution in [1.29, 1.82) is 0 Å². The molecule has 0 aromatic carbocycles. The van der Waals surface area contributed by atoms with Gasteiger partial charge in [0.1, 0.15) is 26.4 Å². The number of ether oxygens (including phenoxy) is 8. The van der Waals surface area contributed by atoms with Crippen molar-refractivity contribution in [2.24, 2.45) is 5.41 Å². The minimum Gasteiger partial charge on any atom is -0.463 e. The van der Waals surface area contributed by atoms with E-state index >= 15 is 0 Å². The maximum atomic E-state index is 11.6. The van der Waals surface area contributed by atoms with Crippen molar-refractivity contribution in [1.82, 2.24) is 0 Å². The maximum Gasteiger partial charge on any atom is 0.306 e. The zero-order valence-corrected chi connectivity index (χ0v) is 26.9. The van der Waals surface area contributed by atoms with Gasteiger partial charge in [-0.05, 0) is 0 Å². The lowest BCUT2D eigenvalue weighted by Gasteiger charge is -2.33. The minimum atomic E-state index is -0.853. The van der Waals surface area contributed by atoms with Gasteiger partial charge in [0.2, 0.25) is 0 Å². The van der Waals surface area contributed by atoms with E-state index < -0.39 is 5.41 Å². The summed E-state index contributed by atoms with van der Waals surface area (Å²) in [5.74, 6) is 0.0163. The molecule has 0 radical (unpaired) electrons. The molecule has 0 aromatic rings. The second-order valence-corrected chi connectivity index (χ2v) is 10.3. The van der Waals surface area contributed by atoms with Crippen LogP contribution in [-0.2, 0) is 57.1 Å². The van der Waals surface area contributed by atoms with E-state index in [0.717, 1.165) is 0 Å². The molecule has 0 heterocycles. The van der Waals surface area contributed by atoms with Gasteiger partial charge >= 0.3 is 23.9 Å². The Morgan fingerprint density at radius 2 is 0.500 bits per heavy atom. The topological polar surface area (TPSA) is 142 Å². The first-order valence-corrected chi connectivity index (χ1v) is 15.7. The molecule has 16 heteroatoms. The number of esters is 4. The summed E-state index contributed by atoms with van der Waals surface area (Å²) in [4.78, 5) is 46.3. The molecule has 0 saturated heterocycles. The number of hydrogen-bond donors (Lipinski definition) is 4. The second kappa shape index (κ2) is 59.4. The highest BCUT2D eigenvalue weighted by Crippen LogP contribution is 2.21. The summed E-state index contributed by atoms with van der Waals surface area (Å²) in [5.41, 5.74) is -0.853. The molecule has 0 spiro atoms. The Balaban J connectivity index is -0.000000145. The molecule has 0 saturated carbocycles. The van der Waals surface area contributed by atoms with E-state index in [1.807, 2.05) is 0 Å².